The summed E-state index contributed by atoms with van der Waals surface area (Å²) >= 11 is 0. The summed E-state index contributed by atoms with van der Waals surface area (Å²) in [6.45, 7) is 0.872. The van der Waals surface area contributed by atoms with Crippen LogP contribution in [-0.2, 0) is 12.0 Å². The number of aliphatic hydroxyl groups is 1. The normalized spacial score (nSPS) is 16.8. The van der Waals surface area contributed by atoms with Crippen molar-refractivity contribution in [2.45, 2.75) is 24.9 Å². The fraction of sp³-hybridized carbons (Fsp3) is 0.238. The highest BCUT2D eigenvalue weighted by molar-refractivity contribution is 5.72. The van der Waals surface area contributed by atoms with Gasteiger partial charge in [0.25, 0.3) is 0 Å². The number of aliphatic hydroxyl groups excluding tert-OH is 1. The largest absolute Gasteiger partial charge is 0.392 e. The third-order valence-corrected chi connectivity index (χ3v) is 5.49. The molecule has 0 unspecified atom stereocenters. The number of hydrogen-bond donors (Lipinski definition) is 1. The fourth-order valence-electron chi connectivity index (χ4n) is 3.87. The van der Waals surface area contributed by atoms with E-state index in [2.05, 4.69) is 20.9 Å². The molecule has 0 atom stereocenters. The van der Waals surface area contributed by atoms with Crippen LogP contribution < -0.4 is 4.90 Å². The predicted octanol–water partition coefficient (Wildman–Crippen LogP) is 3.96. The molecule has 2 aromatic carbocycles. The van der Waals surface area contributed by atoms with E-state index in [9.17, 15) is 9.50 Å². The molecule has 26 heavy (non-hydrogen) atoms. The molecule has 2 heterocycles. The van der Waals surface area contributed by atoms with Crippen LogP contribution in [0.1, 0.15) is 24.0 Å². The van der Waals surface area contributed by atoms with Gasteiger partial charge in [0, 0.05) is 41.2 Å². The third kappa shape index (κ3) is 2.31. The minimum absolute atomic E-state index is 0.0151. The van der Waals surface area contributed by atoms with E-state index in [-0.39, 0.29) is 17.8 Å². The second kappa shape index (κ2) is 5.61. The lowest BCUT2D eigenvalue weighted by molar-refractivity contribution is 0.282. The van der Waals surface area contributed by atoms with Gasteiger partial charge in [0.05, 0.1) is 6.61 Å². The minimum Gasteiger partial charge on any atom is -0.392 e. The van der Waals surface area contributed by atoms with E-state index in [1.54, 1.807) is 30.6 Å². The van der Waals surface area contributed by atoms with E-state index in [4.69, 9.17) is 0 Å². The molecule has 1 aliphatic carbocycles. The molecule has 1 saturated carbocycles. The van der Waals surface area contributed by atoms with Crippen molar-refractivity contribution in [3.63, 3.8) is 0 Å². The molecule has 1 aliphatic heterocycles. The molecule has 5 heteroatoms. The van der Waals surface area contributed by atoms with Gasteiger partial charge in [-0.3, -0.25) is 0 Å². The highest BCUT2D eigenvalue weighted by Crippen LogP contribution is 2.57. The quantitative estimate of drug-likeness (QED) is 0.779. The topological polar surface area (TPSA) is 49.2 Å². The molecule has 1 fully saturated rings. The van der Waals surface area contributed by atoms with Crippen LogP contribution in [0.4, 0.5) is 16.0 Å². The molecule has 5 rings (SSSR count). The van der Waals surface area contributed by atoms with E-state index in [1.807, 2.05) is 12.1 Å². The van der Waals surface area contributed by atoms with Gasteiger partial charge in [0.2, 0.25) is 5.95 Å². The van der Waals surface area contributed by atoms with Crippen LogP contribution in [0.25, 0.3) is 11.1 Å². The summed E-state index contributed by atoms with van der Waals surface area (Å²) in [6.07, 6.45) is 5.69. The number of anilines is 2. The van der Waals surface area contributed by atoms with Crippen molar-refractivity contribution in [3.05, 3.63) is 71.8 Å². The van der Waals surface area contributed by atoms with Gasteiger partial charge in [-0.15, -0.1) is 0 Å². The zero-order valence-corrected chi connectivity index (χ0v) is 14.2. The van der Waals surface area contributed by atoms with Gasteiger partial charge in [-0.05, 0) is 36.1 Å². The molecule has 0 saturated heterocycles. The summed E-state index contributed by atoms with van der Waals surface area (Å²) in [5.74, 6) is 0.338. The maximum Gasteiger partial charge on any atom is 0.229 e. The molecule has 3 aromatic rings. The van der Waals surface area contributed by atoms with Crippen molar-refractivity contribution >= 4 is 11.6 Å². The molecule has 1 aromatic heterocycles. The van der Waals surface area contributed by atoms with E-state index >= 15 is 0 Å². The van der Waals surface area contributed by atoms with Gasteiger partial charge in [0.15, 0.2) is 0 Å². The lowest BCUT2D eigenvalue weighted by Crippen LogP contribution is -2.21. The van der Waals surface area contributed by atoms with E-state index < -0.39 is 0 Å². The first-order valence-corrected chi connectivity index (χ1v) is 8.79. The van der Waals surface area contributed by atoms with Gasteiger partial charge in [0.1, 0.15) is 5.82 Å². The van der Waals surface area contributed by atoms with Crippen molar-refractivity contribution in [2.75, 3.05) is 11.4 Å². The minimum atomic E-state index is -0.278. The lowest BCUT2D eigenvalue weighted by Gasteiger charge is -2.18. The zero-order chi connectivity index (χ0) is 17.7. The Morgan fingerprint density at radius 2 is 1.85 bits per heavy atom. The first-order valence-electron chi connectivity index (χ1n) is 8.79. The predicted molar refractivity (Wildman–Crippen MR) is 97.7 cm³/mol. The third-order valence-electron chi connectivity index (χ3n) is 5.49. The molecule has 1 N–H and O–H groups in total. The summed E-state index contributed by atoms with van der Waals surface area (Å²) in [7, 11) is 0. The number of fused-ring (bicyclic) bond motifs is 2. The number of rotatable bonds is 3. The van der Waals surface area contributed by atoms with Crippen molar-refractivity contribution in [1.82, 2.24) is 9.97 Å². The number of benzene rings is 2. The summed E-state index contributed by atoms with van der Waals surface area (Å²) < 4.78 is 14.0. The maximum atomic E-state index is 14.0. The highest BCUT2D eigenvalue weighted by atomic mass is 19.1. The average Bonchev–Trinajstić information content (AvgIpc) is 3.39. The first kappa shape index (κ1) is 15.5. The first-order chi connectivity index (χ1) is 12.7. The van der Waals surface area contributed by atoms with Gasteiger partial charge >= 0.3 is 0 Å². The number of hydrogen-bond acceptors (Lipinski definition) is 4. The van der Waals surface area contributed by atoms with Gasteiger partial charge in [-0.25, -0.2) is 14.4 Å². The van der Waals surface area contributed by atoms with Crippen LogP contribution in [0, 0.1) is 5.82 Å². The van der Waals surface area contributed by atoms with Crippen molar-refractivity contribution in [2.24, 2.45) is 0 Å². The van der Waals surface area contributed by atoms with Crippen molar-refractivity contribution < 1.29 is 9.50 Å². The SMILES string of the molecule is OCc1ccc2c(c1)N(c1ncc(-c3ccccc3F)cn1)CC21CC1. The molecular formula is C21H18FN3O. The zero-order valence-electron chi connectivity index (χ0n) is 14.2. The molecule has 0 bridgehead atoms. The van der Waals surface area contributed by atoms with Crippen LogP contribution in [0.15, 0.2) is 54.9 Å². The Balaban J connectivity index is 1.53. The molecule has 2 aliphatic rings. The molecule has 4 nitrogen and oxygen atoms in total. The van der Waals surface area contributed by atoms with E-state index in [0.29, 0.717) is 17.1 Å². The van der Waals surface area contributed by atoms with Crippen LogP contribution in [0.3, 0.4) is 0 Å². The standard InChI is InChI=1S/C21H18FN3O/c22-18-4-2-1-3-16(18)15-10-23-20(24-11-15)25-13-21(7-8-21)17-6-5-14(12-26)9-19(17)25/h1-6,9-11,26H,7-8,12-13H2. The Morgan fingerprint density at radius 1 is 1.08 bits per heavy atom. The Kier molecular flexibility index (Phi) is 3.34. The highest BCUT2D eigenvalue weighted by Gasteiger charge is 2.52. The molecular weight excluding hydrogens is 329 g/mol. The summed E-state index contributed by atoms with van der Waals surface area (Å²) in [5.41, 5.74) is 4.65. The second-order valence-electron chi connectivity index (χ2n) is 7.13. The Morgan fingerprint density at radius 3 is 2.54 bits per heavy atom. The van der Waals surface area contributed by atoms with Crippen LogP contribution in [0.5, 0.6) is 0 Å². The summed E-state index contributed by atoms with van der Waals surface area (Å²) in [6, 6.07) is 12.8. The molecule has 1 spiro atoms. The fourth-order valence-corrected chi connectivity index (χ4v) is 3.87. The number of nitrogens with zero attached hydrogens (tertiary/aromatic N) is 3. The summed E-state index contributed by atoms with van der Waals surface area (Å²) in [5, 5.41) is 9.47. The van der Waals surface area contributed by atoms with Crippen LogP contribution >= 0.6 is 0 Å². The van der Waals surface area contributed by atoms with Gasteiger partial charge in [-0.1, -0.05) is 30.3 Å². The number of aromatic nitrogens is 2. The smallest absolute Gasteiger partial charge is 0.229 e. The number of halogens is 1. The van der Waals surface area contributed by atoms with Gasteiger partial charge in [-0.2, -0.15) is 0 Å². The van der Waals surface area contributed by atoms with Crippen LogP contribution in [-0.4, -0.2) is 21.6 Å². The van der Waals surface area contributed by atoms with Crippen molar-refractivity contribution in [3.8, 4) is 11.1 Å². The molecule has 0 amide bonds. The second-order valence-corrected chi connectivity index (χ2v) is 7.13. The molecule has 130 valence electrons. The maximum absolute atomic E-state index is 14.0. The van der Waals surface area contributed by atoms with Crippen LogP contribution in [0.2, 0.25) is 0 Å². The Bertz CT molecular complexity index is 983. The molecule has 0 radical (unpaired) electrons. The monoisotopic (exact) mass is 347 g/mol. The van der Waals surface area contributed by atoms with E-state index in [0.717, 1.165) is 17.8 Å². The Hall–Kier alpha value is -2.79. The van der Waals surface area contributed by atoms with E-state index in [1.165, 1.54) is 24.5 Å². The lowest BCUT2D eigenvalue weighted by atomic mass is 9.97. The van der Waals surface area contributed by atoms with Crippen molar-refractivity contribution in [1.29, 1.82) is 0 Å². The Labute approximate surface area is 151 Å². The van der Waals surface area contributed by atoms with Gasteiger partial charge < -0.3 is 10.0 Å². The summed E-state index contributed by atoms with van der Waals surface area (Å²) in [4.78, 5) is 11.1. The average molecular weight is 347 g/mol.